The zero-order chi connectivity index (χ0) is 15.9. The van der Waals surface area contributed by atoms with Crippen LogP contribution < -0.4 is 0 Å². The van der Waals surface area contributed by atoms with Gasteiger partial charge in [0.25, 0.3) is 0 Å². The Morgan fingerprint density at radius 3 is 2.23 bits per heavy atom. The summed E-state index contributed by atoms with van der Waals surface area (Å²) in [5.74, 6) is 0. The first-order valence-electron chi connectivity index (χ1n) is 8.66. The van der Waals surface area contributed by atoms with Crippen molar-refractivity contribution in [3.63, 3.8) is 0 Å². The van der Waals surface area contributed by atoms with E-state index < -0.39 is 0 Å². The van der Waals surface area contributed by atoms with E-state index in [0.717, 1.165) is 12.1 Å². The van der Waals surface area contributed by atoms with Gasteiger partial charge in [0.2, 0.25) is 0 Å². The third-order valence-electron chi connectivity index (χ3n) is 4.28. The molecule has 0 aliphatic rings. The van der Waals surface area contributed by atoms with E-state index in [9.17, 15) is 0 Å². The van der Waals surface area contributed by atoms with Gasteiger partial charge in [0.1, 0.15) is 0 Å². The summed E-state index contributed by atoms with van der Waals surface area (Å²) in [6.07, 6.45) is 7.69. The van der Waals surface area contributed by atoms with Crippen LogP contribution >= 0.6 is 0 Å². The topological polar surface area (TPSA) is 12.9 Å². The fraction of sp³-hybridized carbons (Fsp3) is 0.476. The number of nitrogens with zero attached hydrogens (tertiary/aromatic N) is 1. The summed E-state index contributed by atoms with van der Waals surface area (Å²) in [5, 5.41) is 0. The summed E-state index contributed by atoms with van der Waals surface area (Å²) in [7, 11) is 0. The maximum Gasteiger partial charge on any atom is 0.0710 e. The molecule has 0 aliphatic heterocycles. The fourth-order valence-corrected chi connectivity index (χ4v) is 3.25. The zero-order valence-electron chi connectivity index (χ0n) is 14.6. The molecule has 2 aromatic rings. The maximum atomic E-state index is 4.91. The van der Waals surface area contributed by atoms with E-state index in [0.29, 0.717) is 0 Å². The monoisotopic (exact) mass is 295 g/mol. The van der Waals surface area contributed by atoms with Crippen molar-refractivity contribution in [1.82, 2.24) is 4.98 Å². The number of pyridine rings is 1. The van der Waals surface area contributed by atoms with Crippen LogP contribution in [0, 0.1) is 20.8 Å². The standard InChI is InChI=1S/C21H29N/c1-5-6-7-8-9-11-19-12-10-13-20(22-19)21-17(3)14-16(2)15-18(21)4/h10,12-15H,5-9,11H2,1-4H3. The van der Waals surface area contributed by atoms with E-state index in [4.69, 9.17) is 4.98 Å². The molecule has 1 heterocycles. The lowest BCUT2D eigenvalue weighted by molar-refractivity contribution is 0.628. The van der Waals surface area contributed by atoms with Crippen molar-refractivity contribution in [2.24, 2.45) is 0 Å². The van der Waals surface area contributed by atoms with Crippen LogP contribution in [-0.4, -0.2) is 4.98 Å². The number of aromatic nitrogens is 1. The molecular weight excluding hydrogens is 266 g/mol. The fourth-order valence-electron chi connectivity index (χ4n) is 3.25. The molecule has 0 amide bonds. The molecule has 1 heteroatoms. The van der Waals surface area contributed by atoms with Crippen LogP contribution in [0.15, 0.2) is 30.3 Å². The van der Waals surface area contributed by atoms with E-state index in [1.165, 1.54) is 60.1 Å². The van der Waals surface area contributed by atoms with Gasteiger partial charge in [0.05, 0.1) is 5.69 Å². The van der Waals surface area contributed by atoms with Crippen LogP contribution in [0.25, 0.3) is 11.3 Å². The summed E-state index contributed by atoms with van der Waals surface area (Å²) in [6.45, 7) is 8.80. The SMILES string of the molecule is CCCCCCCc1cccc(-c2c(C)cc(C)cc2C)n1. The van der Waals surface area contributed by atoms with Crippen LogP contribution in [0.3, 0.4) is 0 Å². The van der Waals surface area contributed by atoms with Gasteiger partial charge in [-0.2, -0.15) is 0 Å². The molecular formula is C21H29N. The third kappa shape index (κ3) is 4.43. The minimum Gasteiger partial charge on any atom is -0.253 e. The first-order valence-corrected chi connectivity index (χ1v) is 8.66. The lowest BCUT2D eigenvalue weighted by Crippen LogP contribution is -1.96. The summed E-state index contributed by atoms with van der Waals surface area (Å²) in [4.78, 5) is 4.91. The smallest absolute Gasteiger partial charge is 0.0710 e. The Morgan fingerprint density at radius 2 is 1.55 bits per heavy atom. The number of unbranched alkanes of at least 4 members (excludes halogenated alkanes) is 4. The Kier molecular flexibility index (Phi) is 6.18. The van der Waals surface area contributed by atoms with Gasteiger partial charge in [-0.1, -0.05) is 56.4 Å². The molecule has 0 saturated heterocycles. The van der Waals surface area contributed by atoms with E-state index in [1.54, 1.807) is 0 Å². The van der Waals surface area contributed by atoms with Crippen molar-refractivity contribution in [1.29, 1.82) is 0 Å². The lowest BCUT2D eigenvalue weighted by atomic mass is 9.96. The molecule has 2 rings (SSSR count). The highest BCUT2D eigenvalue weighted by molar-refractivity contribution is 5.68. The molecule has 0 atom stereocenters. The lowest BCUT2D eigenvalue weighted by Gasteiger charge is -2.12. The van der Waals surface area contributed by atoms with Gasteiger partial charge in [-0.25, -0.2) is 0 Å². The summed E-state index contributed by atoms with van der Waals surface area (Å²) in [5.41, 5.74) is 7.63. The minimum atomic E-state index is 1.10. The largest absolute Gasteiger partial charge is 0.253 e. The Labute approximate surface area is 135 Å². The normalized spacial score (nSPS) is 10.9. The van der Waals surface area contributed by atoms with Crippen molar-refractivity contribution in [2.75, 3.05) is 0 Å². The second-order valence-corrected chi connectivity index (χ2v) is 6.45. The highest BCUT2D eigenvalue weighted by Gasteiger charge is 2.08. The number of hydrogen-bond donors (Lipinski definition) is 0. The Morgan fingerprint density at radius 1 is 0.864 bits per heavy atom. The highest BCUT2D eigenvalue weighted by Crippen LogP contribution is 2.27. The van der Waals surface area contributed by atoms with Gasteiger partial charge < -0.3 is 0 Å². The Balaban J connectivity index is 2.12. The van der Waals surface area contributed by atoms with Gasteiger partial charge in [0.15, 0.2) is 0 Å². The number of aryl methyl sites for hydroxylation is 4. The Hall–Kier alpha value is -1.63. The maximum absolute atomic E-state index is 4.91. The van der Waals surface area contributed by atoms with Gasteiger partial charge in [-0.3, -0.25) is 4.98 Å². The molecule has 0 N–H and O–H groups in total. The quantitative estimate of drug-likeness (QED) is 0.555. The third-order valence-corrected chi connectivity index (χ3v) is 4.28. The molecule has 1 nitrogen and oxygen atoms in total. The molecule has 0 saturated carbocycles. The number of hydrogen-bond acceptors (Lipinski definition) is 1. The predicted molar refractivity (Wildman–Crippen MR) is 96.3 cm³/mol. The minimum absolute atomic E-state index is 1.10. The van der Waals surface area contributed by atoms with E-state index >= 15 is 0 Å². The first kappa shape index (κ1) is 16.7. The molecule has 1 aromatic heterocycles. The molecule has 0 spiro atoms. The second kappa shape index (κ2) is 8.12. The zero-order valence-corrected chi connectivity index (χ0v) is 14.6. The average molecular weight is 295 g/mol. The number of benzene rings is 1. The molecule has 0 fully saturated rings. The van der Waals surface area contributed by atoms with Crippen molar-refractivity contribution >= 4 is 0 Å². The molecule has 22 heavy (non-hydrogen) atoms. The molecule has 1 aromatic carbocycles. The van der Waals surface area contributed by atoms with E-state index in [1.807, 2.05) is 0 Å². The molecule has 0 radical (unpaired) electrons. The molecule has 0 unspecified atom stereocenters. The van der Waals surface area contributed by atoms with Gasteiger partial charge >= 0.3 is 0 Å². The highest BCUT2D eigenvalue weighted by atomic mass is 14.7. The average Bonchev–Trinajstić information content (AvgIpc) is 2.46. The van der Waals surface area contributed by atoms with Gasteiger partial charge in [-0.05, 0) is 56.9 Å². The Bertz CT molecular complexity index is 590. The first-order chi connectivity index (χ1) is 10.6. The van der Waals surface area contributed by atoms with Crippen LogP contribution in [-0.2, 0) is 6.42 Å². The molecule has 0 aliphatic carbocycles. The van der Waals surface area contributed by atoms with Gasteiger partial charge in [0, 0.05) is 11.3 Å². The van der Waals surface area contributed by atoms with Crippen molar-refractivity contribution < 1.29 is 0 Å². The second-order valence-electron chi connectivity index (χ2n) is 6.45. The van der Waals surface area contributed by atoms with Gasteiger partial charge in [-0.15, -0.1) is 0 Å². The van der Waals surface area contributed by atoms with Crippen LogP contribution in [0.1, 0.15) is 61.4 Å². The molecule has 0 bridgehead atoms. The number of rotatable bonds is 7. The summed E-state index contributed by atoms with van der Waals surface area (Å²) >= 11 is 0. The van der Waals surface area contributed by atoms with Crippen molar-refractivity contribution in [3.05, 3.63) is 52.7 Å². The van der Waals surface area contributed by atoms with E-state index in [-0.39, 0.29) is 0 Å². The van der Waals surface area contributed by atoms with Crippen LogP contribution in [0.2, 0.25) is 0 Å². The predicted octanol–water partition coefficient (Wildman–Crippen LogP) is 6.19. The van der Waals surface area contributed by atoms with Crippen LogP contribution in [0.4, 0.5) is 0 Å². The van der Waals surface area contributed by atoms with Crippen molar-refractivity contribution in [3.8, 4) is 11.3 Å². The molecule has 118 valence electrons. The summed E-state index contributed by atoms with van der Waals surface area (Å²) in [6, 6.07) is 11.0. The van der Waals surface area contributed by atoms with E-state index in [2.05, 4.69) is 58.0 Å². The van der Waals surface area contributed by atoms with Crippen LogP contribution in [0.5, 0.6) is 0 Å². The van der Waals surface area contributed by atoms with Crippen molar-refractivity contribution in [2.45, 2.75) is 66.2 Å². The summed E-state index contributed by atoms with van der Waals surface area (Å²) < 4.78 is 0.